The molecule has 1 N–H and O–H groups in total. The van der Waals surface area contributed by atoms with Crippen LogP contribution >= 0.6 is 0 Å². The highest BCUT2D eigenvalue weighted by molar-refractivity contribution is 5.68. The summed E-state index contributed by atoms with van der Waals surface area (Å²) >= 11 is 0. The molecule has 1 aromatic carbocycles. The second kappa shape index (κ2) is 4.97. The minimum Gasteiger partial charge on any atom is -0.366 e. The van der Waals surface area contributed by atoms with Crippen LogP contribution in [0.25, 0.3) is 11.3 Å². The van der Waals surface area contributed by atoms with E-state index in [1.807, 2.05) is 11.7 Å². The average molecular weight is 269 g/mol. The molecule has 3 heteroatoms. The molecule has 1 aromatic heterocycles. The molecule has 0 unspecified atom stereocenters. The van der Waals surface area contributed by atoms with E-state index in [0.29, 0.717) is 12.0 Å². The molecule has 1 saturated carbocycles. The summed E-state index contributed by atoms with van der Waals surface area (Å²) in [6.45, 7) is 6.63. The zero-order valence-electron chi connectivity index (χ0n) is 12.8. The third-order valence-electron chi connectivity index (χ3n) is 4.01. The van der Waals surface area contributed by atoms with E-state index in [0.717, 1.165) is 5.82 Å². The van der Waals surface area contributed by atoms with Gasteiger partial charge < -0.3 is 5.32 Å². The number of benzene rings is 1. The van der Waals surface area contributed by atoms with Gasteiger partial charge in [0.1, 0.15) is 5.82 Å². The molecule has 1 heterocycles. The Hall–Kier alpha value is -1.77. The van der Waals surface area contributed by atoms with Gasteiger partial charge in [0.2, 0.25) is 0 Å². The lowest BCUT2D eigenvalue weighted by molar-refractivity contribution is 0.775. The van der Waals surface area contributed by atoms with Gasteiger partial charge in [-0.1, -0.05) is 26.0 Å². The number of nitrogens with zero attached hydrogens (tertiary/aromatic N) is 2. The lowest BCUT2D eigenvalue weighted by Crippen LogP contribution is -2.02. The zero-order chi connectivity index (χ0) is 14.3. The monoisotopic (exact) mass is 269 g/mol. The maximum Gasteiger partial charge on any atom is 0.148 e. The molecule has 0 saturated heterocycles. The smallest absolute Gasteiger partial charge is 0.148 e. The molecule has 0 radical (unpaired) electrons. The van der Waals surface area contributed by atoms with E-state index in [1.165, 1.54) is 35.2 Å². The van der Waals surface area contributed by atoms with Crippen LogP contribution in [0.2, 0.25) is 0 Å². The van der Waals surface area contributed by atoms with Crippen molar-refractivity contribution in [3.8, 4) is 11.3 Å². The van der Waals surface area contributed by atoms with Gasteiger partial charge in [-0.05, 0) is 42.9 Å². The quantitative estimate of drug-likeness (QED) is 0.906. The van der Waals surface area contributed by atoms with Gasteiger partial charge in [0.05, 0.1) is 5.69 Å². The van der Waals surface area contributed by atoms with E-state index in [9.17, 15) is 0 Å². The number of anilines is 1. The van der Waals surface area contributed by atoms with E-state index in [4.69, 9.17) is 0 Å². The van der Waals surface area contributed by atoms with Gasteiger partial charge in [0.15, 0.2) is 0 Å². The summed E-state index contributed by atoms with van der Waals surface area (Å²) in [7, 11) is 2.02. The molecule has 20 heavy (non-hydrogen) atoms. The topological polar surface area (TPSA) is 29.9 Å². The molecular weight excluding hydrogens is 246 g/mol. The van der Waals surface area contributed by atoms with Crippen LogP contribution in [0.5, 0.6) is 0 Å². The van der Waals surface area contributed by atoms with Crippen molar-refractivity contribution in [2.45, 2.75) is 45.6 Å². The first-order valence-corrected chi connectivity index (χ1v) is 7.46. The maximum absolute atomic E-state index is 4.59. The van der Waals surface area contributed by atoms with Crippen LogP contribution in [-0.4, -0.2) is 15.8 Å². The van der Waals surface area contributed by atoms with Crippen LogP contribution < -0.4 is 5.32 Å². The van der Waals surface area contributed by atoms with E-state index in [1.54, 1.807) is 0 Å². The molecule has 0 atom stereocenters. The van der Waals surface area contributed by atoms with E-state index >= 15 is 0 Å². The summed E-state index contributed by atoms with van der Waals surface area (Å²) in [5.41, 5.74) is 5.15. The third-order valence-corrected chi connectivity index (χ3v) is 4.01. The third kappa shape index (κ3) is 2.58. The van der Waals surface area contributed by atoms with Crippen molar-refractivity contribution in [3.63, 3.8) is 0 Å². The molecular formula is C17H23N3. The van der Waals surface area contributed by atoms with Crippen molar-refractivity contribution in [1.29, 1.82) is 0 Å². The van der Waals surface area contributed by atoms with Crippen molar-refractivity contribution < 1.29 is 0 Å². The van der Waals surface area contributed by atoms with Crippen molar-refractivity contribution >= 4 is 5.82 Å². The van der Waals surface area contributed by atoms with Crippen molar-refractivity contribution in [1.82, 2.24) is 9.78 Å². The van der Waals surface area contributed by atoms with Gasteiger partial charge in [-0.25, -0.2) is 0 Å². The summed E-state index contributed by atoms with van der Waals surface area (Å²) in [6.07, 6.45) is 2.54. The number of nitrogens with one attached hydrogen (secondary N) is 1. The van der Waals surface area contributed by atoms with Crippen LogP contribution in [0.15, 0.2) is 24.3 Å². The second-order valence-electron chi connectivity index (χ2n) is 6.19. The van der Waals surface area contributed by atoms with Crippen LogP contribution in [0.4, 0.5) is 5.82 Å². The molecule has 1 fully saturated rings. The molecule has 0 amide bonds. The Morgan fingerprint density at radius 2 is 2.00 bits per heavy atom. The van der Waals surface area contributed by atoms with Crippen LogP contribution in [-0.2, 0) is 7.05 Å². The maximum atomic E-state index is 4.59. The fourth-order valence-corrected chi connectivity index (χ4v) is 2.50. The summed E-state index contributed by atoms with van der Waals surface area (Å²) in [5, 5.41) is 8.06. The molecule has 0 spiro atoms. The Bertz CT molecular complexity index is 621. The summed E-state index contributed by atoms with van der Waals surface area (Å²) in [5.74, 6) is 1.55. The van der Waals surface area contributed by atoms with Crippen LogP contribution in [0.3, 0.4) is 0 Å². The van der Waals surface area contributed by atoms with Gasteiger partial charge in [-0.3, -0.25) is 4.68 Å². The highest BCUT2D eigenvalue weighted by atomic mass is 15.3. The molecule has 3 rings (SSSR count). The van der Waals surface area contributed by atoms with E-state index < -0.39 is 0 Å². The Morgan fingerprint density at radius 1 is 1.25 bits per heavy atom. The first-order valence-electron chi connectivity index (χ1n) is 7.46. The largest absolute Gasteiger partial charge is 0.366 e. The molecule has 0 aliphatic heterocycles. The van der Waals surface area contributed by atoms with E-state index in [-0.39, 0.29) is 0 Å². The Morgan fingerprint density at radius 3 is 2.65 bits per heavy atom. The predicted molar refractivity (Wildman–Crippen MR) is 84.1 cm³/mol. The minimum atomic E-state index is 0.548. The number of hydrogen-bond donors (Lipinski definition) is 1. The van der Waals surface area contributed by atoms with Crippen molar-refractivity contribution in [2.24, 2.45) is 7.05 Å². The Kier molecular flexibility index (Phi) is 3.28. The zero-order valence-corrected chi connectivity index (χ0v) is 12.8. The van der Waals surface area contributed by atoms with E-state index in [2.05, 4.69) is 55.5 Å². The van der Waals surface area contributed by atoms with Crippen molar-refractivity contribution in [2.75, 3.05) is 5.32 Å². The molecule has 1 aliphatic rings. The first-order chi connectivity index (χ1) is 9.54. The van der Waals surface area contributed by atoms with Crippen molar-refractivity contribution in [3.05, 3.63) is 35.4 Å². The Balaban J connectivity index is 1.98. The first kappa shape index (κ1) is 13.2. The Labute approximate surface area is 121 Å². The lowest BCUT2D eigenvalue weighted by Gasteiger charge is -2.11. The predicted octanol–water partition coefficient (Wildman–Crippen LogP) is 4.09. The SMILES string of the molecule is Cc1ccc(C(C)C)cc1-c1cc(NC2CC2)nn1C. The van der Waals surface area contributed by atoms with Crippen LogP contribution in [0, 0.1) is 6.92 Å². The molecule has 1 aliphatic carbocycles. The average Bonchev–Trinajstić information content (AvgIpc) is 3.13. The lowest BCUT2D eigenvalue weighted by atomic mass is 9.96. The van der Waals surface area contributed by atoms with Gasteiger partial charge >= 0.3 is 0 Å². The summed E-state index contributed by atoms with van der Waals surface area (Å²) < 4.78 is 1.98. The number of aromatic nitrogens is 2. The van der Waals surface area contributed by atoms with Crippen LogP contribution in [0.1, 0.15) is 43.7 Å². The van der Waals surface area contributed by atoms with Gasteiger partial charge in [0, 0.05) is 24.7 Å². The highest BCUT2D eigenvalue weighted by Gasteiger charge is 2.22. The minimum absolute atomic E-state index is 0.548. The molecule has 0 bridgehead atoms. The normalized spacial score (nSPS) is 14.8. The molecule has 106 valence electrons. The summed E-state index contributed by atoms with van der Waals surface area (Å²) in [6, 6.07) is 9.55. The number of aryl methyl sites for hydroxylation is 2. The standard InChI is InChI=1S/C17H23N3/c1-11(2)13-6-5-12(3)15(9-13)16-10-17(19-20(16)4)18-14-7-8-14/h5-6,9-11,14H,7-8H2,1-4H3,(H,18,19). The fraction of sp³-hybridized carbons (Fsp3) is 0.471. The highest BCUT2D eigenvalue weighted by Crippen LogP contribution is 2.30. The van der Waals surface area contributed by atoms with Gasteiger partial charge in [0.25, 0.3) is 0 Å². The van der Waals surface area contributed by atoms with Gasteiger partial charge in [-0.15, -0.1) is 0 Å². The number of rotatable bonds is 4. The molecule has 3 nitrogen and oxygen atoms in total. The second-order valence-corrected chi connectivity index (χ2v) is 6.19. The molecule has 2 aromatic rings. The summed E-state index contributed by atoms with van der Waals surface area (Å²) in [4.78, 5) is 0. The van der Waals surface area contributed by atoms with Gasteiger partial charge in [-0.2, -0.15) is 5.10 Å². The fourth-order valence-electron chi connectivity index (χ4n) is 2.50. The number of hydrogen-bond acceptors (Lipinski definition) is 2.